The molecule has 0 aromatic heterocycles. The van der Waals surface area contributed by atoms with Crippen LogP contribution in [0.5, 0.6) is 5.75 Å². The maximum absolute atomic E-state index is 15.4. The zero-order chi connectivity index (χ0) is 20.2. The molecule has 1 aliphatic rings. The van der Waals surface area contributed by atoms with Crippen molar-refractivity contribution in [2.45, 2.75) is 58.7 Å². The molecule has 7 heteroatoms. The Morgan fingerprint density at radius 2 is 1.74 bits per heavy atom. The first-order chi connectivity index (χ1) is 12.6. The van der Waals surface area contributed by atoms with Crippen molar-refractivity contribution < 1.29 is 27.6 Å². The molecule has 0 N–H and O–H groups in total. The van der Waals surface area contributed by atoms with Gasteiger partial charge in [-0.1, -0.05) is 13.0 Å². The summed E-state index contributed by atoms with van der Waals surface area (Å²) in [6.07, 6.45) is 1.15. The molecular formula is C20H29BF2O4. The number of halogens is 2. The van der Waals surface area contributed by atoms with Crippen LogP contribution in [0.1, 0.15) is 53.0 Å². The highest BCUT2D eigenvalue weighted by molar-refractivity contribution is 6.55. The van der Waals surface area contributed by atoms with Gasteiger partial charge < -0.3 is 18.8 Å². The first kappa shape index (κ1) is 21.9. The van der Waals surface area contributed by atoms with E-state index in [9.17, 15) is 4.39 Å². The molecule has 0 bridgehead atoms. The van der Waals surface area contributed by atoms with Crippen LogP contribution in [-0.4, -0.2) is 38.6 Å². The second-order valence-corrected chi connectivity index (χ2v) is 7.63. The van der Waals surface area contributed by atoms with E-state index < -0.39 is 29.9 Å². The van der Waals surface area contributed by atoms with Crippen LogP contribution in [0.2, 0.25) is 0 Å². The van der Waals surface area contributed by atoms with Crippen molar-refractivity contribution in [3.63, 3.8) is 0 Å². The first-order valence-corrected chi connectivity index (χ1v) is 9.28. The van der Waals surface area contributed by atoms with Gasteiger partial charge in [-0.15, -0.1) is 0 Å². The maximum atomic E-state index is 15.4. The third-order valence-electron chi connectivity index (χ3n) is 5.09. The van der Waals surface area contributed by atoms with Crippen LogP contribution < -0.4 is 4.74 Å². The van der Waals surface area contributed by atoms with Crippen LogP contribution >= 0.6 is 0 Å². The molecule has 27 heavy (non-hydrogen) atoms. The average molecular weight is 382 g/mol. The van der Waals surface area contributed by atoms with Crippen molar-refractivity contribution in [2.24, 2.45) is 0 Å². The highest BCUT2D eigenvalue weighted by Crippen LogP contribution is 2.41. The van der Waals surface area contributed by atoms with Crippen LogP contribution in [0.4, 0.5) is 8.78 Å². The molecule has 0 atom stereocenters. The van der Waals surface area contributed by atoms with E-state index in [1.54, 1.807) is 6.07 Å². The van der Waals surface area contributed by atoms with Crippen LogP contribution in [-0.2, 0) is 14.0 Å². The molecule has 0 saturated carbocycles. The summed E-state index contributed by atoms with van der Waals surface area (Å²) in [6.45, 7) is 10.3. The molecule has 1 aliphatic heterocycles. The molecule has 1 aromatic rings. The van der Waals surface area contributed by atoms with E-state index >= 15 is 4.39 Å². The fraction of sp³-hybridized carbons (Fsp3) is 0.600. The topological polar surface area (TPSA) is 36.9 Å². The summed E-state index contributed by atoms with van der Waals surface area (Å²) >= 11 is 0. The predicted octanol–water partition coefficient (Wildman–Crippen LogP) is 4.96. The van der Waals surface area contributed by atoms with Crippen molar-refractivity contribution in [1.29, 1.82) is 0 Å². The highest BCUT2D eigenvalue weighted by atomic mass is 19.1. The molecular weight excluding hydrogens is 353 g/mol. The minimum Gasteiger partial charge on any atom is -0.494 e. The van der Waals surface area contributed by atoms with Crippen LogP contribution in [0.3, 0.4) is 0 Å². The van der Waals surface area contributed by atoms with Gasteiger partial charge in [-0.25, -0.2) is 8.78 Å². The monoisotopic (exact) mass is 382 g/mol. The molecule has 150 valence electrons. The molecule has 0 unspecified atom stereocenters. The van der Waals surface area contributed by atoms with Crippen molar-refractivity contribution >= 4 is 12.7 Å². The normalized spacial score (nSPS) is 19.2. The summed E-state index contributed by atoms with van der Waals surface area (Å²) in [5.74, 6) is -0.444. The van der Waals surface area contributed by atoms with E-state index in [4.69, 9.17) is 18.8 Å². The van der Waals surface area contributed by atoms with Crippen molar-refractivity contribution in [2.75, 3.05) is 20.3 Å². The zero-order valence-corrected chi connectivity index (χ0v) is 17.0. The van der Waals surface area contributed by atoms with Gasteiger partial charge in [0.25, 0.3) is 0 Å². The molecule has 0 amide bonds. The fourth-order valence-electron chi connectivity index (χ4n) is 2.77. The second-order valence-electron chi connectivity index (χ2n) is 7.63. The largest absolute Gasteiger partial charge is 0.525 e. The van der Waals surface area contributed by atoms with E-state index in [0.29, 0.717) is 24.4 Å². The average Bonchev–Trinajstić information content (AvgIpc) is 2.82. The lowest BCUT2D eigenvalue weighted by Gasteiger charge is -2.32. The minimum absolute atomic E-state index is 0.108. The van der Waals surface area contributed by atoms with Crippen LogP contribution in [0.25, 0.3) is 5.57 Å². The van der Waals surface area contributed by atoms with Crippen molar-refractivity contribution in [3.05, 3.63) is 35.3 Å². The van der Waals surface area contributed by atoms with Gasteiger partial charge in [0.2, 0.25) is 0 Å². The Morgan fingerprint density at radius 1 is 1.11 bits per heavy atom. The second kappa shape index (κ2) is 8.71. The highest BCUT2D eigenvalue weighted by Gasteiger charge is 2.53. The summed E-state index contributed by atoms with van der Waals surface area (Å²) in [7, 11) is 0.250. The molecule has 0 radical (unpaired) electrons. The number of rotatable bonds is 8. The fourth-order valence-corrected chi connectivity index (χ4v) is 2.77. The Kier molecular flexibility index (Phi) is 7.06. The molecule has 1 aromatic carbocycles. The van der Waals surface area contributed by atoms with Gasteiger partial charge in [0.05, 0.1) is 24.9 Å². The van der Waals surface area contributed by atoms with Gasteiger partial charge in [-0.2, -0.15) is 0 Å². The van der Waals surface area contributed by atoms with E-state index in [1.165, 1.54) is 19.2 Å². The lowest BCUT2D eigenvalue weighted by atomic mass is 9.82. The van der Waals surface area contributed by atoms with E-state index in [0.717, 1.165) is 6.42 Å². The number of hydrogen-bond acceptors (Lipinski definition) is 4. The van der Waals surface area contributed by atoms with Gasteiger partial charge in [0, 0.05) is 6.61 Å². The number of benzene rings is 1. The van der Waals surface area contributed by atoms with Gasteiger partial charge in [-0.05, 0) is 63.8 Å². The first-order valence-electron chi connectivity index (χ1n) is 9.28. The van der Waals surface area contributed by atoms with Crippen molar-refractivity contribution in [1.82, 2.24) is 0 Å². The summed E-state index contributed by atoms with van der Waals surface area (Å²) < 4.78 is 51.7. The molecule has 2 rings (SSSR count). The minimum atomic E-state index is -1.14. The molecule has 1 saturated heterocycles. The summed E-state index contributed by atoms with van der Waals surface area (Å²) in [6, 6.07) is 4.37. The van der Waals surface area contributed by atoms with E-state index in [2.05, 4.69) is 0 Å². The Morgan fingerprint density at radius 3 is 2.26 bits per heavy atom. The maximum Gasteiger partial charge on any atom is 0.525 e. The third-order valence-corrected chi connectivity index (χ3v) is 5.09. The number of ether oxygens (including phenoxy) is 2. The SMILES string of the molecule is CCCOCCC(=C(F)B1OC(C)(C)C(C)(C)O1)c1ccc(OC)c(F)c1. The molecule has 0 aliphatic carbocycles. The summed E-state index contributed by atoms with van der Waals surface area (Å²) in [4.78, 5) is 0. The van der Waals surface area contributed by atoms with Crippen LogP contribution in [0, 0.1) is 5.82 Å². The predicted molar refractivity (Wildman–Crippen MR) is 103 cm³/mol. The Balaban J connectivity index is 2.36. The van der Waals surface area contributed by atoms with Gasteiger partial charge in [0.1, 0.15) is 5.73 Å². The Hall–Kier alpha value is -1.44. The lowest BCUT2D eigenvalue weighted by molar-refractivity contribution is 0.00578. The van der Waals surface area contributed by atoms with Crippen molar-refractivity contribution in [3.8, 4) is 5.75 Å². The standard InChI is InChI=1S/C20H29BF2O4/c1-7-11-25-12-10-15(14-8-9-17(24-6)16(22)13-14)18(23)21-26-19(2,3)20(4,5)27-21/h8-9,13H,7,10-12H2,1-6H3. The third kappa shape index (κ3) is 4.89. The number of hydrogen-bond donors (Lipinski definition) is 0. The Labute approximate surface area is 161 Å². The Bertz CT molecular complexity index is 673. The van der Waals surface area contributed by atoms with Gasteiger partial charge >= 0.3 is 7.12 Å². The lowest BCUT2D eigenvalue weighted by Crippen LogP contribution is -2.41. The summed E-state index contributed by atoms with van der Waals surface area (Å²) in [5, 5.41) is 0. The smallest absolute Gasteiger partial charge is 0.494 e. The van der Waals surface area contributed by atoms with Gasteiger partial charge in [-0.3, -0.25) is 0 Å². The molecule has 1 fully saturated rings. The summed E-state index contributed by atoms with van der Waals surface area (Å²) in [5.41, 5.74) is -1.15. The molecule has 1 heterocycles. The number of methoxy groups -OCH3 is 1. The molecule has 0 spiro atoms. The zero-order valence-electron chi connectivity index (χ0n) is 17.0. The van der Waals surface area contributed by atoms with E-state index in [-0.39, 0.29) is 12.2 Å². The van der Waals surface area contributed by atoms with Gasteiger partial charge in [0.15, 0.2) is 11.6 Å². The van der Waals surface area contributed by atoms with Crippen LogP contribution in [0.15, 0.2) is 23.9 Å². The molecule has 4 nitrogen and oxygen atoms in total. The quantitative estimate of drug-likeness (QED) is 0.470. The van der Waals surface area contributed by atoms with E-state index in [1.807, 2.05) is 34.6 Å².